The van der Waals surface area contributed by atoms with E-state index in [2.05, 4.69) is 10.1 Å². The number of aromatic nitrogens is 3. The summed E-state index contributed by atoms with van der Waals surface area (Å²) < 4.78 is 7.42. The molecule has 0 aliphatic carbocycles. The highest BCUT2D eigenvalue weighted by Crippen LogP contribution is 2.23. The van der Waals surface area contributed by atoms with Gasteiger partial charge in [-0.25, -0.2) is 9.67 Å². The first-order valence-electron chi connectivity index (χ1n) is 5.45. The first-order chi connectivity index (χ1) is 8.10. The molecule has 0 saturated carbocycles. The van der Waals surface area contributed by atoms with Crippen LogP contribution in [0.4, 0.5) is 0 Å². The van der Waals surface area contributed by atoms with Crippen molar-refractivity contribution in [1.82, 2.24) is 14.8 Å². The molecule has 0 fully saturated rings. The Labute approximate surface area is 100 Å². The topological polar surface area (TPSA) is 66.0 Å². The normalized spacial score (nSPS) is 10.6. The Morgan fingerprint density at radius 2 is 2.06 bits per heavy atom. The number of rotatable bonds is 3. The summed E-state index contributed by atoms with van der Waals surface area (Å²) in [6, 6.07) is 5.72. The third kappa shape index (κ3) is 2.45. The van der Waals surface area contributed by atoms with Gasteiger partial charge in [0.15, 0.2) is 0 Å². The maximum absolute atomic E-state index is 5.74. The van der Waals surface area contributed by atoms with E-state index >= 15 is 0 Å². The molecule has 0 atom stereocenters. The maximum atomic E-state index is 5.74. The van der Waals surface area contributed by atoms with E-state index in [0.717, 1.165) is 17.0 Å². The predicted molar refractivity (Wildman–Crippen MR) is 64.9 cm³/mol. The molecule has 2 heterocycles. The van der Waals surface area contributed by atoms with Crippen molar-refractivity contribution < 1.29 is 4.74 Å². The Bertz CT molecular complexity index is 533. The summed E-state index contributed by atoms with van der Waals surface area (Å²) >= 11 is 0. The summed E-state index contributed by atoms with van der Waals surface area (Å²) in [5, 5.41) is 4.22. The van der Waals surface area contributed by atoms with Gasteiger partial charge in [0, 0.05) is 30.9 Å². The molecule has 90 valence electrons. The molecule has 2 aromatic heterocycles. The standard InChI is InChI=1S/C12H16N4O/c1-8-4-5-10(7-13)12(14-8)17-11-6-9(2)15-16(11)3/h4-6H,7,13H2,1-3H3. The Morgan fingerprint density at radius 3 is 2.65 bits per heavy atom. The fourth-order valence-electron chi connectivity index (χ4n) is 1.59. The van der Waals surface area contributed by atoms with Crippen molar-refractivity contribution in [3.05, 3.63) is 35.2 Å². The SMILES string of the molecule is Cc1ccc(CN)c(Oc2cc(C)nn2C)n1. The highest BCUT2D eigenvalue weighted by Gasteiger charge is 2.09. The van der Waals surface area contributed by atoms with Gasteiger partial charge in [-0.1, -0.05) is 6.07 Å². The minimum Gasteiger partial charge on any atom is -0.421 e. The van der Waals surface area contributed by atoms with Crippen LogP contribution in [-0.2, 0) is 13.6 Å². The Hall–Kier alpha value is -1.88. The van der Waals surface area contributed by atoms with E-state index in [0.29, 0.717) is 18.3 Å². The average molecular weight is 232 g/mol. The summed E-state index contributed by atoms with van der Waals surface area (Å²) in [6.45, 7) is 4.24. The van der Waals surface area contributed by atoms with Gasteiger partial charge < -0.3 is 10.5 Å². The quantitative estimate of drug-likeness (QED) is 0.874. The molecule has 5 nitrogen and oxygen atoms in total. The highest BCUT2D eigenvalue weighted by molar-refractivity contribution is 5.31. The number of aryl methyl sites for hydroxylation is 3. The number of pyridine rings is 1. The van der Waals surface area contributed by atoms with E-state index in [-0.39, 0.29) is 0 Å². The Balaban J connectivity index is 2.35. The van der Waals surface area contributed by atoms with Crippen molar-refractivity contribution in [1.29, 1.82) is 0 Å². The molecular weight excluding hydrogens is 216 g/mol. The molecule has 0 unspecified atom stereocenters. The van der Waals surface area contributed by atoms with Crippen LogP contribution in [0.5, 0.6) is 11.8 Å². The van der Waals surface area contributed by atoms with Gasteiger partial charge in [0.25, 0.3) is 0 Å². The molecule has 2 rings (SSSR count). The fraction of sp³-hybridized carbons (Fsp3) is 0.333. The van der Waals surface area contributed by atoms with Crippen molar-refractivity contribution in [3.63, 3.8) is 0 Å². The minimum atomic E-state index is 0.402. The summed E-state index contributed by atoms with van der Waals surface area (Å²) in [5.41, 5.74) is 8.35. The lowest BCUT2D eigenvalue weighted by Crippen LogP contribution is -2.04. The molecule has 0 saturated heterocycles. The molecule has 0 aromatic carbocycles. The van der Waals surface area contributed by atoms with Gasteiger partial charge in [-0.3, -0.25) is 0 Å². The monoisotopic (exact) mass is 232 g/mol. The number of hydrogen-bond acceptors (Lipinski definition) is 4. The lowest BCUT2D eigenvalue weighted by molar-refractivity contribution is 0.410. The molecule has 17 heavy (non-hydrogen) atoms. The lowest BCUT2D eigenvalue weighted by Gasteiger charge is -2.09. The van der Waals surface area contributed by atoms with Crippen LogP contribution in [0.1, 0.15) is 17.0 Å². The van der Waals surface area contributed by atoms with Crippen LogP contribution in [0, 0.1) is 13.8 Å². The highest BCUT2D eigenvalue weighted by atomic mass is 16.5. The van der Waals surface area contributed by atoms with Crippen molar-refractivity contribution in [2.24, 2.45) is 12.8 Å². The smallest absolute Gasteiger partial charge is 0.226 e. The number of hydrogen-bond donors (Lipinski definition) is 1. The van der Waals surface area contributed by atoms with Gasteiger partial charge >= 0.3 is 0 Å². The van der Waals surface area contributed by atoms with Gasteiger partial charge in [0.05, 0.1) is 5.69 Å². The van der Waals surface area contributed by atoms with Crippen molar-refractivity contribution in [3.8, 4) is 11.8 Å². The number of ether oxygens (including phenoxy) is 1. The van der Waals surface area contributed by atoms with Crippen molar-refractivity contribution in [2.75, 3.05) is 0 Å². The summed E-state index contributed by atoms with van der Waals surface area (Å²) in [7, 11) is 1.83. The molecule has 0 amide bonds. The molecule has 0 radical (unpaired) electrons. The zero-order valence-electron chi connectivity index (χ0n) is 10.3. The van der Waals surface area contributed by atoms with Crippen LogP contribution in [0.2, 0.25) is 0 Å². The van der Waals surface area contributed by atoms with Crippen LogP contribution >= 0.6 is 0 Å². The lowest BCUT2D eigenvalue weighted by atomic mass is 10.2. The molecule has 0 aliphatic rings. The molecule has 2 aromatic rings. The maximum Gasteiger partial charge on any atom is 0.226 e. The molecule has 0 bridgehead atoms. The number of nitrogens with zero attached hydrogens (tertiary/aromatic N) is 3. The van der Waals surface area contributed by atoms with Crippen LogP contribution in [0.3, 0.4) is 0 Å². The molecular formula is C12H16N4O. The molecule has 0 spiro atoms. The first kappa shape index (κ1) is 11.6. The van der Waals surface area contributed by atoms with E-state index in [9.17, 15) is 0 Å². The summed E-state index contributed by atoms with van der Waals surface area (Å²) in [5.74, 6) is 1.21. The van der Waals surface area contributed by atoms with E-state index in [1.54, 1.807) is 4.68 Å². The van der Waals surface area contributed by atoms with Crippen molar-refractivity contribution in [2.45, 2.75) is 20.4 Å². The van der Waals surface area contributed by atoms with Crippen LogP contribution in [0.15, 0.2) is 18.2 Å². The second kappa shape index (κ2) is 4.55. The molecule has 0 aliphatic heterocycles. The van der Waals surface area contributed by atoms with Gasteiger partial charge in [0.2, 0.25) is 11.8 Å². The predicted octanol–water partition coefficient (Wildman–Crippen LogP) is 1.68. The van der Waals surface area contributed by atoms with E-state index in [4.69, 9.17) is 10.5 Å². The van der Waals surface area contributed by atoms with Crippen LogP contribution < -0.4 is 10.5 Å². The van der Waals surface area contributed by atoms with Gasteiger partial charge in [-0.15, -0.1) is 0 Å². The van der Waals surface area contributed by atoms with Crippen molar-refractivity contribution >= 4 is 0 Å². The third-order valence-electron chi connectivity index (χ3n) is 2.46. The van der Waals surface area contributed by atoms with E-state index in [1.165, 1.54) is 0 Å². The average Bonchev–Trinajstić information content (AvgIpc) is 2.58. The van der Waals surface area contributed by atoms with E-state index in [1.807, 2.05) is 39.1 Å². The van der Waals surface area contributed by atoms with Crippen LogP contribution in [-0.4, -0.2) is 14.8 Å². The Kier molecular flexibility index (Phi) is 3.10. The number of nitrogens with two attached hydrogens (primary N) is 1. The zero-order chi connectivity index (χ0) is 12.4. The largest absolute Gasteiger partial charge is 0.421 e. The summed E-state index contributed by atoms with van der Waals surface area (Å²) in [4.78, 5) is 4.35. The molecule has 5 heteroatoms. The second-order valence-corrected chi connectivity index (χ2v) is 3.97. The van der Waals surface area contributed by atoms with Gasteiger partial charge in [-0.2, -0.15) is 5.10 Å². The van der Waals surface area contributed by atoms with Gasteiger partial charge in [-0.05, 0) is 19.9 Å². The van der Waals surface area contributed by atoms with E-state index < -0.39 is 0 Å². The Morgan fingerprint density at radius 1 is 1.29 bits per heavy atom. The van der Waals surface area contributed by atoms with Crippen LogP contribution in [0.25, 0.3) is 0 Å². The first-order valence-corrected chi connectivity index (χ1v) is 5.45. The minimum absolute atomic E-state index is 0.402. The zero-order valence-corrected chi connectivity index (χ0v) is 10.3. The summed E-state index contributed by atoms with van der Waals surface area (Å²) in [6.07, 6.45) is 0. The van der Waals surface area contributed by atoms with Gasteiger partial charge in [0.1, 0.15) is 0 Å². The second-order valence-electron chi connectivity index (χ2n) is 3.97. The fourth-order valence-corrected chi connectivity index (χ4v) is 1.59. The third-order valence-corrected chi connectivity index (χ3v) is 2.46. The molecule has 2 N–H and O–H groups in total.